The van der Waals surface area contributed by atoms with Crippen LogP contribution in [-0.2, 0) is 18.3 Å². The summed E-state index contributed by atoms with van der Waals surface area (Å²) in [6.07, 6.45) is 4.97. The molecular weight excluding hydrogens is 922 g/mol. The van der Waals surface area contributed by atoms with Gasteiger partial charge in [-0.1, -0.05) is 98.5 Å². The maximum atomic E-state index is 4.24. The Morgan fingerprint density at radius 2 is 1.15 bits per heavy atom. The van der Waals surface area contributed by atoms with Crippen molar-refractivity contribution < 1.29 is 0 Å². The van der Waals surface area contributed by atoms with E-state index in [1.165, 1.54) is 70.2 Å². The lowest BCUT2D eigenvalue weighted by molar-refractivity contribution is 0.475. The van der Waals surface area contributed by atoms with Crippen molar-refractivity contribution in [3.63, 3.8) is 0 Å². The summed E-state index contributed by atoms with van der Waals surface area (Å²) < 4.78 is 0. The molecule has 1 aliphatic carbocycles. The molecule has 2 nitrogen and oxygen atoms in total. The second-order valence-corrected chi connectivity index (χ2v) is 18.6. The van der Waals surface area contributed by atoms with E-state index < -0.39 is 0 Å². The predicted octanol–water partition coefficient (Wildman–Crippen LogP) is 16.4. The third kappa shape index (κ3) is 6.17. The third-order valence-corrected chi connectivity index (χ3v) is 15.0. The van der Waals surface area contributed by atoms with Crippen LogP contribution < -0.4 is 9.80 Å². The highest BCUT2D eigenvalue weighted by atomic mass is 127. The van der Waals surface area contributed by atoms with Gasteiger partial charge in [-0.05, 0) is 136 Å². The van der Waals surface area contributed by atoms with Crippen LogP contribution in [0.25, 0.3) is 32.3 Å². The molecule has 8 aromatic carbocycles. The van der Waals surface area contributed by atoms with Crippen molar-refractivity contribution in [2.24, 2.45) is 0 Å². The zero-order chi connectivity index (χ0) is 37.0. The fourth-order valence-corrected chi connectivity index (χ4v) is 10.8. The highest BCUT2D eigenvalue weighted by Gasteiger charge is 2.33. The van der Waals surface area contributed by atoms with Crippen LogP contribution in [-0.4, -0.2) is 0 Å². The Bertz CT molecular complexity index is 2680. The van der Waals surface area contributed by atoms with Gasteiger partial charge in [0.05, 0.1) is 11.4 Å². The van der Waals surface area contributed by atoms with Gasteiger partial charge in [0.2, 0.25) is 0 Å². The number of halogens is 2. The summed E-state index contributed by atoms with van der Waals surface area (Å²) >= 11 is 4.79. The van der Waals surface area contributed by atoms with Gasteiger partial charge in [-0.25, -0.2) is 0 Å². The molecule has 0 radical (unpaired) electrons. The molecule has 0 heterocycles. The quantitative estimate of drug-likeness (QED) is 0.0765. The van der Waals surface area contributed by atoms with E-state index in [-0.39, 0.29) is 5.41 Å². The van der Waals surface area contributed by atoms with Gasteiger partial charge < -0.3 is 9.80 Å². The Balaban J connectivity index is 1.45. The number of benzene rings is 8. The fraction of sp³-hybridized carbons (Fsp3) is 0.125. The molecule has 0 bridgehead atoms. The summed E-state index contributed by atoms with van der Waals surface area (Å²) in [5.41, 5.74) is 11.2. The SMILES string of the molecule is C=CCc1cc(N(c2ccccc2)c2cccc(SI)c2)c2cc3c4c(cc(N(c5ccccc5)c5cccc(SI)c5)c5ccc1c2c54)CCC3(C)C. The summed E-state index contributed by atoms with van der Waals surface area (Å²) in [6, 6.07) is 51.9. The van der Waals surface area contributed by atoms with Gasteiger partial charge in [0, 0.05) is 91.1 Å². The van der Waals surface area contributed by atoms with Crippen molar-refractivity contribution in [2.75, 3.05) is 9.80 Å². The summed E-state index contributed by atoms with van der Waals surface area (Å²) in [7, 11) is 3.51. The van der Waals surface area contributed by atoms with Crippen LogP contribution in [0.1, 0.15) is 37.0 Å². The van der Waals surface area contributed by atoms with Crippen LogP contribution in [0.2, 0.25) is 0 Å². The molecule has 0 N–H and O–H groups in total. The molecule has 0 saturated heterocycles. The van der Waals surface area contributed by atoms with E-state index >= 15 is 0 Å². The summed E-state index contributed by atoms with van der Waals surface area (Å²) in [4.78, 5) is 7.42. The summed E-state index contributed by atoms with van der Waals surface area (Å²) in [5.74, 6) is 0. The molecule has 0 spiro atoms. The molecule has 0 aromatic heterocycles. The minimum absolute atomic E-state index is 0.0126. The zero-order valence-electron chi connectivity index (χ0n) is 30.2. The zero-order valence-corrected chi connectivity index (χ0v) is 36.1. The number of hydrogen-bond donors (Lipinski definition) is 0. The topological polar surface area (TPSA) is 6.48 Å². The van der Waals surface area contributed by atoms with Gasteiger partial charge in [-0.3, -0.25) is 0 Å². The maximum Gasteiger partial charge on any atom is 0.0543 e. The highest BCUT2D eigenvalue weighted by molar-refractivity contribution is 14.2. The Morgan fingerprint density at radius 1 is 0.593 bits per heavy atom. The first-order valence-corrected chi connectivity index (χ1v) is 25.0. The minimum Gasteiger partial charge on any atom is -0.310 e. The molecular formula is C48H38I2N2S2. The first-order valence-electron chi connectivity index (χ1n) is 18.3. The highest BCUT2D eigenvalue weighted by Crippen LogP contribution is 2.54. The number of rotatable bonds is 10. The fourth-order valence-electron chi connectivity index (χ4n) is 8.57. The van der Waals surface area contributed by atoms with Gasteiger partial charge in [0.25, 0.3) is 0 Å². The normalized spacial score (nSPS) is 13.5. The monoisotopic (exact) mass is 960 g/mol. The Labute approximate surface area is 350 Å². The standard InChI is InChI=1S/C48H38I2N2S2/c1-4-13-31-26-44(52(34-16-9-6-10-17-34)36-19-12-21-38(29-36)54-50)41-30-42-45-32(24-25-48(42,2)3)27-43(40-23-22-39(31)46(41)47(40)45)51(33-14-7-5-8-15-33)35-18-11-20-37(28-35)53-49/h4-12,14-23,26-30H,1,13,24-25H2,2-3H3. The Morgan fingerprint density at radius 3 is 1.72 bits per heavy atom. The van der Waals surface area contributed by atoms with E-state index in [2.05, 4.69) is 218 Å². The van der Waals surface area contributed by atoms with Crippen LogP contribution in [0, 0.1) is 0 Å². The van der Waals surface area contributed by atoms with E-state index in [4.69, 9.17) is 0 Å². The molecule has 0 aliphatic heterocycles. The molecule has 9 rings (SSSR count). The van der Waals surface area contributed by atoms with Gasteiger partial charge in [0.1, 0.15) is 0 Å². The summed E-state index contributed by atoms with van der Waals surface area (Å²) in [6.45, 7) is 9.13. The minimum atomic E-state index is 0.0126. The number of allylic oxidation sites excluding steroid dienone is 1. The molecule has 1 aliphatic rings. The smallest absolute Gasteiger partial charge is 0.0543 e. The number of aryl methyl sites for hydroxylation is 1. The van der Waals surface area contributed by atoms with E-state index in [9.17, 15) is 0 Å². The van der Waals surface area contributed by atoms with Crippen molar-refractivity contribution in [3.05, 3.63) is 169 Å². The lowest BCUT2D eigenvalue weighted by atomic mass is 9.70. The van der Waals surface area contributed by atoms with Crippen LogP contribution >= 0.6 is 60.3 Å². The van der Waals surface area contributed by atoms with Gasteiger partial charge in [-0.2, -0.15) is 0 Å². The average Bonchev–Trinajstić information content (AvgIpc) is 3.21. The van der Waals surface area contributed by atoms with Gasteiger partial charge >= 0.3 is 0 Å². The molecule has 8 aromatic rings. The Hall–Kier alpha value is -3.70. The van der Waals surface area contributed by atoms with E-state index in [0.717, 1.165) is 42.0 Å². The molecule has 0 fully saturated rings. The van der Waals surface area contributed by atoms with Gasteiger partial charge in [-0.15, -0.1) is 6.58 Å². The van der Waals surface area contributed by atoms with Crippen LogP contribution in [0.15, 0.2) is 162 Å². The molecule has 0 amide bonds. The van der Waals surface area contributed by atoms with Crippen molar-refractivity contribution >= 4 is 127 Å². The molecule has 6 heteroatoms. The van der Waals surface area contributed by atoms with Crippen molar-refractivity contribution in [2.45, 2.75) is 48.3 Å². The lowest BCUT2D eigenvalue weighted by Crippen LogP contribution is -2.24. The largest absolute Gasteiger partial charge is 0.310 e. The average molecular weight is 961 g/mol. The number of hydrogen-bond acceptors (Lipinski definition) is 4. The van der Waals surface area contributed by atoms with Gasteiger partial charge in [0.15, 0.2) is 0 Å². The van der Waals surface area contributed by atoms with E-state index in [1.807, 2.05) is 0 Å². The second kappa shape index (κ2) is 14.8. The number of para-hydroxylation sites is 2. The van der Waals surface area contributed by atoms with Crippen molar-refractivity contribution in [1.29, 1.82) is 0 Å². The number of anilines is 6. The van der Waals surface area contributed by atoms with E-state index in [1.54, 1.807) is 17.9 Å². The van der Waals surface area contributed by atoms with E-state index in [0.29, 0.717) is 0 Å². The molecule has 0 atom stereocenters. The van der Waals surface area contributed by atoms with Crippen LogP contribution in [0.5, 0.6) is 0 Å². The molecule has 54 heavy (non-hydrogen) atoms. The molecule has 266 valence electrons. The second-order valence-electron chi connectivity index (χ2n) is 14.7. The van der Waals surface area contributed by atoms with Crippen molar-refractivity contribution in [3.8, 4) is 0 Å². The molecule has 0 saturated carbocycles. The lowest BCUT2D eigenvalue weighted by Gasteiger charge is -2.37. The Kier molecular flexibility index (Phi) is 9.83. The van der Waals surface area contributed by atoms with Crippen LogP contribution in [0.4, 0.5) is 34.1 Å². The third-order valence-electron chi connectivity index (χ3n) is 11.1. The predicted molar refractivity (Wildman–Crippen MR) is 255 cm³/mol. The van der Waals surface area contributed by atoms with Crippen molar-refractivity contribution in [1.82, 2.24) is 0 Å². The van der Waals surface area contributed by atoms with Crippen LogP contribution in [0.3, 0.4) is 0 Å². The first-order chi connectivity index (χ1) is 26.4. The summed E-state index contributed by atoms with van der Waals surface area (Å²) in [5, 5.41) is 8.01. The number of nitrogens with zero attached hydrogens (tertiary/aromatic N) is 2. The first kappa shape index (κ1) is 36.0. The maximum absolute atomic E-state index is 4.24. The molecule has 0 unspecified atom stereocenters.